The molecule has 1 fully saturated rings. The summed E-state index contributed by atoms with van der Waals surface area (Å²) in [6, 6.07) is 5.97. The van der Waals surface area contributed by atoms with Crippen LogP contribution in [0, 0.1) is 10.7 Å². The number of hydrogen-bond donors (Lipinski definition) is 0. The number of nitrogens with zero attached hydrogens (tertiary/aromatic N) is 4. The predicted molar refractivity (Wildman–Crippen MR) is 74.0 cm³/mol. The molecule has 1 saturated heterocycles. The van der Waals surface area contributed by atoms with Crippen LogP contribution in [-0.4, -0.2) is 32.2 Å². The van der Waals surface area contributed by atoms with Gasteiger partial charge < -0.3 is 0 Å². The van der Waals surface area contributed by atoms with Crippen LogP contribution in [0.1, 0.15) is 19.8 Å². The number of piperidine rings is 1. The monoisotopic (exact) mass is 262 g/mol. The highest BCUT2D eigenvalue weighted by Gasteiger charge is 2.17. The van der Waals surface area contributed by atoms with Crippen LogP contribution in [0.2, 0.25) is 0 Å². The molecule has 0 saturated carbocycles. The minimum Gasteiger partial charge on any atom is -0.284 e. The molecule has 3 heterocycles. The highest BCUT2D eigenvalue weighted by molar-refractivity contribution is 7.71. The van der Waals surface area contributed by atoms with Crippen molar-refractivity contribution in [3.63, 3.8) is 0 Å². The molecule has 2 aromatic heterocycles. The van der Waals surface area contributed by atoms with Gasteiger partial charge in [-0.2, -0.15) is 5.10 Å². The van der Waals surface area contributed by atoms with E-state index in [1.54, 1.807) is 0 Å². The second kappa shape index (κ2) is 4.82. The first-order valence-corrected chi connectivity index (χ1v) is 6.91. The van der Waals surface area contributed by atoms with E-state index in [9.17, 15) is 0 Å². The maximum absolute atomic E-state index is 5.46. The van der Waals surface area contributed by atoms with Gasteiger partial charge in [0.25, 0.3) is 0 Å². The van der Waals surface area contributed by atoms with Crippen molar-refractivity contribution in [2.75, 3.05) is 13.1 Å². The normalized spacial score (nSPS) is 21.5. The average Bonchev–Trinajstić information content (AvgIpc) is 2.67. The Morgan fingerprint density at radius 3 is 3.11 bits per heavy atom. The van der Waals surface area contributed by atoms with Crippen LogP contribution in [0.5, 0.6) is 0 Å². The highest BCUT2D eigenvalue weighted by Crippen LogP contribution is 2.16. The summed E-state index contributed by atoms with van der Waals surface area (Å²) in [6.07, 6.45) is 4.59. The molecule has 0 aliphatic carbocycles. The second-order valence-electron chi connectivity index (χ2n) is 5.18. The molecule has 0 N–H and O–H groups in total. The average molecular weight is 262 g/mol. The van der Waals surface area contributed by atoms with E-state index in [0.29, 0.717) is 0 Å². The molecule has 0 amide bonds. The van der Waals surface area contributed by atoms with Crippen LogP contribution >= 0.6 is 12.2 Å². The number of fused-ring (bicyclic) bond motifs is 1. The Kier molecular flexibility index (Phi) is 3.18. The van der Waals surface area contributed by atoms with Gasteiger partial charge >= 0.3 is 0 Å². The molecule has 1 aliphatic heterocycles. The fourth-order valence-electron chi connectivity index (χ4n) is 2.66. The van der Waals surface area contributed by atoms with Crippen molar-refractivity contribution in [3.8, 4) is 0 Å². The highest BCUT2D eigenvalue weighted by atomic mass is 32.1. The van der Waals surface area contributed by atoms with E-state index in [1.807, 2.05) is 33.5 Å². The lowest BCUT2D eigenvalue weighted by Gasteiger charge is -2.30. The predicted octanol–water partition coefficient (Wildman–Crippen LogP) is 2.55. The van der Waals surface area contributed by atoms with Crippen LogP contribution in [0.4, 0.5) is 0 Å². The molecule has 18 heavy (non-hydrogen) atoms. The van der Waals surface area contributed by atoms with Gasteiger partial charge in [0.2, 0.25) is 4.77 Å². The van der Waals surface area contributed by atoms with Gasteiger partial charge in [0.1, 0.15) is 0 Å². The summed E-state index contributed by atoms with van der Waals surface area (Å²) < 4.78 is 4.68. The van der Waals surface area contributed by atoms with Crippen molar-refractivity contribution in [1.29, 1.82) is 0 Å². The molecule has 0 bridgehead atoms. The Morgan fingerprint density at radius 2 is 2.33 bits per heavy atom. The van der Waals surface area contributed by atoms with Gasteiger partial charge in [-0.3, -0.25) is 9.30 Å². The third-order valence-corrected chi connectivity index (χ3v) is 3.97. The van der Waals surface area contributed by atoms with Crippen LogP contribution in [-0.2, 0) is 6.67 Å². The molecule has 0 radical (unpaired) electrons. The van der Waals surface area contributed by atoms with Crippen LogP contribution < -0.4 is 0 Å². The van der Waals surface area contributed by atoms with E-state index in [4.69, 9.17) is 12.2 Å². The Bertz CT molecular complexity index is 600. The number of pyridine rings is 1. The zero-order valence-electron chi connectivity index (χ0n) is 10.6. The summed E-state index contributed by atoms with van der Waals surface area (Å²) in [6.45, 7) is 5.43. The van der Waals surface area contributed by atoms with Crippen molar-refractivity contribution in [1.82, 2.24) is 19.1 Å². The van der Waals surface area contributed by atoms with Gasteiger partial charge in [-0.25, -0.2) is 4.68 Å². The Labute approximate surface area is 112 Å². The molecular formula is C13H18N4S. The van der Waals surface area contributed by atoms with Gasteiger partial charge in [0.05, 0.1) is 6.67 Å². The molecule has 2 aromatic rings. The third kappa shape index (κ3) is 2.20. The fourth-order valence-corrected chi connectivity index (χ4v) is 2.92. The van der Waals surface area contributed by atoms with Gasteiger partial charge in [0.15, 0.2) is 5.65 Å². The second-order valence-corrected chi connectivity index (χ2v) is 5.54. The Hall–Kier alpha value is -1.20. The summed E-state index contributed by atoms with van der Waals surface area (Å²) in [5, 5.41) is 4.57. The molecule has 5 heteroatoms. The Morgan fingerprint density at radius 1 is 1.44 bits per heavy atom. The van der Waals surface area contributed by atoms with E-state index < -0.39 is 0 Å². The van der Waals surface area contributed by atoms with E-state index in [1.165, 1.54) is 12.8 Å². The number of rotatable bonds is 2. The van der Waals surface area contributed by atoms with Crippen LogP contribution in [0.15, 0.2) is 24.4 Å². The molecule has 4 nitrogen and oxygen atoms in total. The van der Waals surface area contributed by atoms with Crippen LogP contribution in [0.25, 0.3) is 5.65 Å². The maximum Gasteiger partial charge on any atom is 0.203 e. The summed E-state index contributed by atoms with van der Waals surface area (Å²) in [5.41, 5.74) is 0.924. The van der Waals surface area contributed by atoms with Gasteiger partial charge in [-0.15, -0.1) is 0 Å². The van der Waals surface area contributed by atoms with Gasteiger partial charge in [-0.05, 0) is 49.7 Å². The largest absolute Gasteiger partial charge is 0.284 e. The van der Waals surface area contributed by atoms with Gasteiger partial charge in [-0.1, -0.05) is 13.0 Å². The summed E-state index contributed by atoms with van der Waals surface area (Å²) in [5.74, 6) is 0.782. The zero-order chi connectivity index (χ0) is 12.5. The van der Waals surface area contributed by atoms with Gasteiger partial charge in [0, 0.05) is 12.7 Å². The molecule has 3 rings (SSSR count). The summed E-state index contributed by atoms with van der Waals surface area (Å²) >= 11 is 5.46. The van der Waals surface area contributed by atoms with Crippen molar-refractivity contribution in [3.05, 3.63) is 29.2 Å². The molecule has 0 aromatic carbocycles. The third-order valence-electron chi connectivity index (χ3n) is 3.56. The topological polar surface area (TPSA) is 25.5 Å². The number of aromatic nitrogens is 3. The van der Waals surface area contributed by atoms with E-state index in [0.717, 1.165) is 36.1 Å². The SMILES string of the molecule is CC1CCCN(Cn2nc3ccccn3c2=S)C1. The first-order chi connectivity index (χ1) is 8.74. The molecule has 96 valence electrons. The minimum absolute atomic E-state index is 0.781. The van der Waals surface area contributed by atoms with E-state index in [2.05, 4.69) is 16.9 Å². The summed E-state index contributed by atoms with van der Waals surface area (Å²) in [4.78, 5) is 2.44. The molecule has 1 unspecified atom stereocenters. The first kappa shape index (κ1) is 11.9. The van der Waals surface area contributed by atoms with Crippen LogP contribution in [0.3, 0.4) is 0 Å². The van der Waals surface area contributed by atoms with Crippen molar-refractivity contribution in [2.24, 2.45) is 5.92 Å². The molecule has 1 aliphatic rings. The standard InChI is InChI=1S/C13H18N4S/c1-11-5-4-7-15(9-11)10-17-13(18)16-8-3-2-6-12(16)14-17/h2-3,6,8,11H,4-5,7,9-10H2,1H3. The van der Waals surface area contributed by atoms with Crippen molar-refractivity contribution in [2.45, 2.75) is 26.4 Å². The maximum atomic E-state index is 5.46. The fraction of sp³-hybridized carbons (Fsp3) is 0.538. The number of hydrogen-bond acceptors (Lipinski definition) is 3. The van der Waals surface area contributed by atoms with E-state index in [-0.39, 0.29) is 0 Å². The summed E-state index contributed by atoms with van der Waals surface area (Å²) in [7, 11) is 0. The lowest BCUT2D eigenvalue weighted by atomic mass is 10.0. The van der Waals surface area contributed by atoms with Crippen molar-refractivity contribution < 1.29 is 0 Å². The zero-order valence-corrected chi connectivity index (χ0v) is 11.4. The lowest BCUT2D eigenvalue weighted by Crippen LogP contribution is -2.36. The molecular weight excluding hydrogens is 244 g/mol. The minimum atomic E-state index is 0.781. The van der Waals surface area contributed by atoms with E-state index >= 15 is 0 Å². The molecule has 0 spiro atoms. The number of likely N-dealkylation sites (tertiary alicyclic amines) is 1. The Balaban J connectivity index is 1.86. The van der Waals surface area contributed by atoms with Crippen molar-refractivity contribution >= 4 is 17.9 Å². The quantitative estimate of drug-likeness (QED) is 0.778. The first-order valence-electron chi connectivity index (χ1n) is 6.50. The lowest BCUT2D eigenvalue weighted by molar-refractivity contribution is 0.138. The smallest absolute Gasteiger partial charge is 0.203 e. The molecule has 1 atom stereocenters.